The summed E-state index contributed by atoms with van der Waals surface area (Å²) >= 11 is 0. The molecule has 1 aliphatic heterocycles. The number of nitrogens with one attached hydrogen (secondary N) is 1. The number of nitrogens with zero attached hydrogens (tertiary/aromatic N) is 3. The van der Waals surface area contributed by atoms with Crippen LogP contribution >= 0.6 is 0 Å². The van der Waals surface area contributed by atoms with Gasteiger partial charge in [-0.25, -0.2) is 8.42 Å². The van der Waals surface area contributed by atoms with Crippen LogP contribution in [0.4, 0.5) is 0 Å². The van der Waals surface area contributed by atoms with Crippen molar-refractivity contribution in [1.29, 1.82) is 0 Å². The second-order valence-corrected chi connectivity index (χ2v) is 9.63. The number of carbonyl (C=O) groups excluding carboxylic acids is 1. The van der Waals surface area contributed by atoms with Crippen LogP contribution in [0.3, 0.4) is 0 Å². The number of amides is 1. The molecule has 1 aromatic heterocycles. The highest BCUT2D eigenvalue weighted by atomic mass is 32.2. The van der Waals surface area contributed by atoms with Gasteiger partial charge in [-0.3, -0.25) is 9.89 Å². The number of hydrogen-bond acceptors (Lipinski definition) is 4. The molecule has 2 fully saturated rings. The van der Waals surface area contributed by atoms with Crippen LogP contribution in [-0.2, 0) is 10.0 Å². The fraction of sp³-hybridized carbons (Fsp3) is 0.333. The van der Waals surface area contributed by atoms with Crippen LogP contribution < -0.4 is 0 Å². The maximum atomic E-state index is 13.1. The van der Waals surface area contributed by atoms with Crippen molar-refractivity contribution in [1.82, 2.24) is 19.4 Å². The molecule has 8 heteroatoms. The van der Waals surface area contributed by atoms with E-state index in [1.807, 2.05) is 36.4 Å². The van der Waals surface area contributed by atoms with Crippen molar-refractivity contribution in [2.45, 2.75) is 23.7 Å². The monoisotopic (exact) mass is 410 g/mol. The molecule has 7 nitrogen and oxygen atoms in total. The summed E-state index contributed by atoms with van der Waals surface area (Å²) in [6, 6.07) is 14.7. The van der Waals surface area contributed by atoms with Crippen molar-refractivity contribution in [3.63, 3.8) is 0 Å². The molecular weight excluding hydrogens is 388 g/mol. The van der Waals surface area contributed by atoms with Crippen LogP contribution in [-0.4, -0.2) is 59.9 Å². The van der Waals surface area contributed by atoms with E-state index in [0.29, 0.717) is 24.7 Å². The summed E-state index contributed by atoms with van der Waals surface area (Å²) in [7, 11) is -3.59. The van der Waals surface area contributed by atoms with Gasteiger partial charge in [-0.05, 0) is 41.8 Å². The van der Waals surface area contributed by atoms with Crippen molar-refractivity contribution >= 4 is 26.7 Å². The van der Waals surface area contributed by atoms with Gasteiger partial charge in [-0.15, -0.1) is 0 Å². The first kappa shape index (κ1) is 18.3. The molecule has 5 rings (SSSR count). The van der Waals surface area contributed by atoms with Gasteiger partial charge in [0.1, 0.15) is 5.69 Å². The number of aromatic amines is 1. The first-order chi connectivity index (χ1) is 14.0. The highest BCUT2D eigenvalue weighted by Gasteiger charge is 2.32. The molecule has 3 aromatic rings. The Morgan fingerprint density at radius 2 is 1.69 bits per heavy atom. The number of rotatable bonds is 4. The van der Waals surface area contributed by atoms with E-state index in [0.717, 1.165) is 29.3 Å². The second-order valence-electron chi connectivity index (χ2n) is 7.69. The predicted octanol–water partition coefficient (Wildman–Crippen LogP) is 2.59. The Morgan fingerprint density at radius 1 is 0.966 bits per heavy atom. The molecule has 0 atom stereocenters. The summed E-state index contributed by atoms with van der Waals surface area (Å²) in [5, 5.41) is 9.00. The lowest BCUT2D eigenvalue weighted by Gasteiger charge is -2.33. The number of fused-ring (bicyclic) bond motifs is 1. The van der Waals surface area contributed by atoms with Gasteiger partial charge in [-0.2, -0.15) is 9.40 Å². The normalized spacial score (nSPS) is 18.3. The molecule has 1 aliphatic carbocycles. The van der Waals surface area contributed by atoms with E-state index >= 15 is 0 Å². The zero-order valence-corrected chi connectivity index (χ0v) is 16.7. The van der Waals surface area contributed by atoms with Gasteiger partial charge >= 0.3 is 0 Å². The van der Waals surface area contributed by atoms with Crippen LogP contribution in [0.2, 0.25) is 0 Å². The third-order valence-corrected chi connectivity index (χ3v) is 7.61. The molecule has 1 amide bonds. The average molecular weight is 410 g/mol. The highest BCUT2D eigenvalue weighted by Crippen LogP contribution is 2.39. The van der Waals surface area contributed by atoms with Crippen LogP contribution in [0.25, 0.3) is 10.8 Å². The standard InChI is InChI=1S/C21H22N4O3S/c26-21(20-14-19(22-23-20)16-5-6-16)24-9-11-25(12-10-24)29(27,28)18-8-7-15-3-1-2-4-17(15)13-18/h1-4,7-8,13-14,16H,5-6,9-12H2,(H,22,23). The fourth-order valence-electron chi connectivity index (χ4n) is 3.82. The predicted molar refractivity (Wildman–Crippen MR) is 109 cm³/mol. The van der Waals surface area contributed by atoms with E-state index in [1.165, 1.54) is 4.31 Å². The quantitative estimate of drug-likeness (QED) is 0.716. The number of carbonyl (C=O) groups is 1. The van der Waals surface area contributed by atoms with Gasteiger partial charge in [0.25, 0.3) is 5.91 Å². The van der Waals surface area contributed by atoms with Gasteiger partial charge in [0.05, 0.1) is 4.90 Å². The van der Waals surface area contributed by atoms with E-state index in [1.54, 1.807) is 17.0 Å². The highest BCUT2D eigenvalue weighted by molar-refractivity contribution is 7.89. The molecule has 2 aromatic carbocycles. The van der Waals surface area contributed by atoms with Crippen molar-refractivity contribution < 1.29 is 13.2 Å². The minimum atomic E-state index is -3.59. The number of benzene rings is 2. The van der Waals surface area contributed by atoms with Gasteiger partial charge < -0.3 is 4.90 Å². The van der Waals surface area contributed by atoms with E-state index in [4.69, 9.17) is 0 Å². The Morgan fingerprint density at radius 3 is 2.41 bits per heavy atom. The molecule has 1 saturated heterocycles. The van der Waals surface area contributed by atoms with Gasteiger partial charge in [0, 0.05) is 37.8 Å². The molecule has 2 heterocycles. The van der Waals surface area contributed by atoms with Crippen molar-refractivity contribution in [3.05, 3.63) is 59.9 Å². The number of hydrogen-bond donors (Lipinski definition) is 1. The van der Waals surface area contributed by atoms with Crippen LogP contribution in [0.5, 0.6) is 0 Å². The first-order valence-electron chi connectivity index (χ1n) is 9.86. The topological polar surface area (TPSA) is 86.4 Å². The Kier molecular flexibility index (Phi) is 4.40. The summed E-state index contributed by atoms with van der Waals surface area (Å²) < 4.78 is 27.6. The summed E-state index contributed by atoms with van der Waals surface area (Å²) in [5.74, 6) is 0.365. The number of sulfonamides is 1. The lowest BCUT2D eigenvalue weighted by Crippen LogP contribution is -2.50. The van der Waals surface area contributed by atoms with Crippen molar-refractivity contribution in [2.75, 3.05) is 26.2 Å². The summed E-state index contributed by atoms with van der Waals surface area (Å²) in [5.41, 5.74) is 1.43. The molecular formula is C21H22N4O3S. The van der Waals surface area contributed by atoms with Gasteiger partial charge in [0.15, 0.2) is 0 Å². The van der Waals surface area contributed by atoms with E-state index in [2.05, 4.69) is 10.2 Å². The third kappa shape index (κ3) is 3.42. The van der Waals surface area contributed by atoms with E-state index in [9.17, 15) is 13.2 Å². The average Bonchev–Trinajstić information content (AvgIpc) is 3.49. The minimum absolute atomic E-state index is 0.143. The van der Waals surface area contributed by atoms with Gasteiger partial charge in [-0.1, -0.05) is 30.3 Å². The molecule has 1 saturated carbocycles. The van der Waals surface area contributed by atoms with Crippen molar-refractivity contribution in [2.24, 2.45) is 0 Å². The second kappa shape index (κ2) is 6.96. The third-order valence-electron chi connectivity index (χ3n) is 5.72. The summed E-state index contributed by atoms with van der Waals surface area (Å²) in [6.07, 6.45) is 2.28. The molecule has 1 N–H and O–H groups in total. The largest absolute Gasteiger partial charge is 0.335 e. The Labute approximate surface area is 169 Å². The van der Waals surface area contributed by atoms with E-state index < -0.39 is 10.0 Å². The first-order valence-corrected chi connectivity index (χ1v) is 11.3. The minimum Gasteiger partial charge on any atom is -0.335 e. The maximum absolute atomic E-state index is 13.1. The van der Waals surface area contributed by atoms with Gasteiger partial charge in [0.2, 0.25) is 10.0 Å². The number of H-pyrrole nitrogens is 1. The summed E-state index contributed by atoms with van der Waals surface area (Å²) in [6.45, 7) is 1.27. The Hall–Kier alpha value is -2.71. The lowest BCUT2D eigenvalue weighted by molar-refractivity contribution is 0.0692. The molecule has 2 aliphatic rings. The molecule has 0 radical (unpaired) electrons. The zero-order chi connectivity index (χ0) is 20.0. The van der Waals surface area contributed by atoms with Crippen molar-refractivity contribution in [3.8, 4) is 0 Å². The molecule has 150 valence electrons. The Bertz CT molecular complexity index is 1180. The van der Waals surface area contributed by atoms with E-state index in [-0.39, 0.29) is 23.9 Å². The number of piperazine rings is 1. The molecule has 0 bridgehead atoms. The lowest BCUT2D eigenvalue weighted by atomic mass is 10.1. The fourth-order valence-corrected chi connectivity index (χ4v) is 5.28. The smallest absolute Gasteiger partial charge is 0.274 e. The molecule has 0 spiro atoms. The Balaban J connectivity index is 1.29. The summed E-state index contributed by atoms with van der Waals surface area (Å²) in [4.78, 5) is 14.7. The molecule has 29 heavy (non-hydrogen) atoms. The van der Waals surface area contributed by atoms with Crippen LogP contribution in [0.15, 0.2) is 53.4 Å². The van der Waals surface area contributed by atoms with Crippen LogP contribution in [0.1, 0.15) is 34.9 Å². The maximum Gasteiger partial charge on any atom is 0.274 e. The zero-order valence-electron chi connectivity index (χ0n) is 15.9. The number of aromatic nitrogens is 2. The van der Waals surface area contributed by atoms with Crippen LogP contribution in [0, 0.1) is 0 Å². The molecule has 0 unspecified atom stereocenters. The SMILES string of the molecule is O=C(c1cc(C2CC2)[nH]n1)N1CCN(S(=O)(=O)c2ccc3ccccc3c2)CC1.